The van der Waals surface area contributed by atoms with Gasteiger partial charge in [0.2, 0.25) is 8.01 Å². The van der Waals surface area contributed by atoms with Gasteiger partial charge in [0.25, 0.3) is 0 Å². The van der Waals surface area contributed by atoms with Crippen molar-refractivity contribution in [2.45, 2.75) is 13.8 Å². The van der Waals surface area contributed by atoms with Gasteiger partial charge in [0.15, 0.2) is 0 Å². The van der Waals surface area contributed by atoms with Crippen LogP contribution in [0.1, 0.15) is 11.1 Å². The normalized spacial score (nSPS) is 11.1. The Kier molecular flexibility index (Phi) is 4.65. The molecule has 0 amide bonds. The average molecular weight is 387 g/mol. The molecule has 128 valence electrons. The molecule has 7 heteroatoms. The van der Waals surface area contributed by atoms with Crippen molar-refractivity contribution in [1.29, 1.82) is 0 Å². The second-order valence-electron chi connectivity index (χ2n) is 5.45. The van der Waals surface area contributed by atoms with E-state index in [1.54, 1.807) is 14.2 Å². The van der Waals surface area contributed by atoms with E-state index in [-0.39, 0.29) is 0 Å². The molecular formula is C17H17Cl2O4P. The van der Waals surface area contributed by atoms with E-state index in [4.69, 9.17) is 41.1 Å². The summed E-state index contributed by atoms with van der Waals surface area (Å²) in [6.45, 7) is 5.76. The first-order chi connectivity index (χ1) is 11.4. The number of rotatable bonds is 2. The zero-order chi connectivity index (χ0) is 17.6. The van der Waals surface area contributed by atoms with Crippen molar-refractivity contribution in [2.75, 3.05) is 14.2 Å². The topological polar surface area (TPSA) is 44.7 Å². The van der Waals surface area contributed by atoms with Crippen LogP contribution in [-0.4, -0.2) is 14.2 Å². The SMILES string of the molecule is COc1c(Cl)cc(C)c2op(C)oc3c(C)cc(Cl)c(OC)c3c12. The quantitative estimate of drug-likeness (QED) is 0.487. The molecule has 0 unspecified atom stereocenters. The molecule has 0 fully saturated rings. The highest BCUT2D eigenvalue weighted by Gasteiger charge is 2.21. The van der Waals surface area contributed by atoms with E-state index in [0.29, 0.717) is 43.5 Å². The molecule has 0 radical (unpaired) electrons. The highest BCUT2D eigenvalue weighted by atomic mass is 35.5. The summed E-state index contributed by atoms with van der Waals surface area (Å²) in [6, 6.07) is 3.63. The Labute approximate surface area is 150 Å². The second-order valence-corrected chi connectivity index (χ2v) is 7.51. The van der Waals surface area contributed by atoms with E-state index in [2.05, 4.69) is 0 Å². The molecule has 4 nitrogen and oxygen atoms in total. The van der Waals surface area contributed by atoms with E-state index in [9.17, 15) is 0 Å². The van der Waals surface area contributed by atoms with E-state index >= 15 is 0 Å². The Hall–Kier alpha value is -1.48. The predicted molar refractivity (Wildman–Crippen MR) is 99.9 cm³/mol. The molecule has 1 heterocycles. The fourth-order valence-electron chi connectivity index (χ4n) is 2.85. The third-order valence-electron chi connectivity index (χ3n) is 3.84. The maximum atomic E-state index is 6.41. The van der Waals surface area contributed by atoms with Crippen molar-refractivity contribution >= 4 is 53.2 Å². The van der Waals surface area contributed by atoms with Crippen LogP contribution in [0, 0.1) is 13.8 Å². The lowest BCUT2D eigenvalue weighted by atomic mass is 10.0. The molecule has 0 saturated carbocycles. The number of ether oxygens (including phenoxy) is 2. The zero-order valence-electron chi connectivity index (χ0n) is 14.0. The van der Waals surface area contributed by atoms with Crippen molar-refractivity contribution in [1.82, 2.24) is 0 Å². The molecule has 0 atom stereocenters. The van der Waals surface area contributed by atoms with E-state index < -0.39 is 8.01 Å². The van der Waals surface area contributed by atoms with Crippen LogP contribution in [0.4, 0.5) is 0 Å². The summed E-state index contributed by atoms with van der Waals surface area (Å²) in [7, 11) is 1.97. The predicted octanol–water partition coefficient (Wildman–Crippen LogP) is 6.77. The molecule has 0 aliphatic rings. The number of hydrogen-bond donors (Lipinski definition) is 0. The fraction of sp³-hybridized carbons (Fsp3) is 0.294. The summed E-state index contributed by atoms with van der Waals surface area (Å²) in [6.07, 6.45) is 0. The average Bonchev–Trinajstić information content (AvgIpc) is 2.66. The summed E-state index contributed by atoms with van der Waals surface area (Å²) in [5.41, 5.74) is 3.12. The van der Waals surface area contributed by atoms with Gasteiger partial charge in [0.1, 0.15) is 22.7 Å². The highest BCUT2D eigenvalue weighted by molar-refractivity contribution is 7.35. The number of benzene rings is 2. The zero-order valence-corrected chi connectivity index (χ0v) is 16.4. The lowest BCUT2D eigenvalue weighted by Gasteiger charge is -2.12. The lowest BCUT2D eigenvalue weighted by Crippen LogP contribution is -1.92. The molecule has 2 aromatic carbocycles. The molecule has 3 rings (SSSR count). The first-order valence-corrected chi connectivity index (χ1v) is 9.61. The minimum atomic E-state index is -1.18. The molecule has 0 N–H and O–H groups in total. The van der Waals surface area contributed by atoms with Gasteiger partial charge in [-0.15, -0.1) is 0 Å². The number of methoxy groups -OCH3 is 2. The van der Waals surface area contributed by atoms with Crippen LogP contribution in [0.5, 0.6) is 11.5 Å². The Morgan fingerprint density at radius 1 is 0.833 bits per heavy atom. The monoisotopic (exact) mass is 386 g/mol. The standard InChI is InChI=1S/C17H17Cl2O4P/c1-8-6-10(18)16(20-3)12-13-15(23-24(5)22-14(8)12)9(2)7-11(19)17(13)21-4/h6-7H,1-5H3. The molecule has 0 spiro atoms. The summed E-state index contributed by atoms with van der Waals surface area (Å²) < 4.78 is 23.3. The van der Waals surface area contributed by atoms with Crippen molar-refractivity contribution in [3.8, 4) is 11.5 Å². The fourth-order valence-corrected chi connectivity index (χ4v) is 4.54. The Balaban J connectivity index is 2.82. The van der Waals surface area contributed by atoms with Crippen molar-refractivity contribution in [3.05, 3.63) is 33.3 Å². The minimum absolute atomic E-state index is 0.491. The largest absolute Gasteiger partial charge is 0.494 e. The van der Waals surface area contributed by atoms with Crippen LogP contribution >= 0.6 is 31.2 Å². The van der Waals surface area contributed by atoms with Gasteiger partial charge in [-0.05, 0) is 37.1 Å². The van der Waals surface area contributed by atoms with Gasteiger partial charge in [-0.2, -0.15) is 0 Å². The van der Waals surface area contributed by atoms with Gasteiger partial charge in [0.05, 0.1) is 35.0 Å². The molecule has 3 aromatic rings. The summed E-state index contributed by atoms with van der Waals surface area (Å²) in [5, 5.41) is 2.38. The first kappa shape index (κ1) is 17.3. The number of halogens is 2. The molecule has 0 aliphatic heterocycles. The van der Waals surface area contributed by atoms with Crippen molar-refractivity contribution in [3.63, 3.8) is 0 Å². The minimum Gasteiger partial charge on any atom is -0.494 e. The third-order valence-corrected chi connectivity index (χ3v) is 5.28. The molecule has 1 aromatic heterocycles. The lowest BCUT2D eigenvalue weighted by molar-refractivity contribution is 0.416. The molecule has 0 aliphatic carbocycles. The molecular weight excluding hydrogens is 370 g/mol. The first-order valence-electron chi connectivity index (χ1n) is 7.23. The van der Waals surface area contributed by atoms with Gasteiger partial charge in [-0.25, -0.2) is 0 Å². The summed E-state index contributed by atoms with van der Waals surface area (Å²) in [4.78, 5) is 0. The molecule has 24 heavy (non-hydrogen) atoms. The van der Waals surface area contributed by atoms with Gasteiger partial charge < -0.3 is 17.9 Å². The summed E-state index contributed by atoms with van der Waals surface area (Å²) in [5.74, 6) is 1.01. The number of aryl methyl sites for hydroxylation is 3. The second kappa shape index (κ2) is 6.44. The smallest absolute Gasteiger partial charge is 0.213 e. The number of hydrogen-bond acceptors (Lipinski definition) is 4. The van der Waals surface area contributed by atoms with Crippen LogP contribution in [0.15, 0.2) is 20.5 Å². The van der Waals surface area contributed by atoms with Gasteiger partial charge in [-0.3, -0.25) is 0 Å². The maximum absolute atomic E-state index is 6.41. The molecule has 0 bridgehead atoms. The summed E-state index contributed by atoms with van der Waals surface area (Å²) >= 11 is 12.8. The van der Waals surface area contributed by atoms with Crippen molar-refractivity contribution in [2.24, 2.45) is 6.66 Å². The van der Waals surface area contributed by atoms with Gasteiger partial charge in [0, 0.05) is 6.66 Å². The molecule has 0 saturated heterocycles. The highest BCUT2D eigenvalue weighted by Crippen LogP contribution is 2.47. The third kappa shape index (κ3) is 2.63. The maximum Gasteiger partial charge on any atom is 0.213 e. The van der Waals surface area contributed by atoms with Gasteiger partial charge >= 0.3 is 0 Å². The number of fused-ring (bicyclic) bond motifs is 3. The Morgan fingerprint density at radius 3 is 1.54 bits per heavy atom. The van der Waals surface area contributed by atoms with Crippen molar-refractivity contribution < 1.29 is 17.9 Å². The van der Waals surface area contributed by atoms with Crippen LogP contribution in [0.3, 0.4) is 0 Å². The van der Waals surface area contributed by atoms with E-state index in [1.165, 1.54) is 0 Å². The van der Waals surface area contributed by atoms with Crippen LogP contribution in [0.25, 0.3) is 21.9 Å². The van der Waals surface area contributed by atoms with Crippen LogP contribution in [0.2, 0.25) is 10.0 Å². The Bertz CT molecular complexity index is 917. The van der Waals surface area contributed by atoms with Gasteiger partial charge in [-0.1, -0.05) is 23.2 Å². The van der Waals surface area contributed by atoms with Crippen LogP contribution < -0.4 is 9.47 Å². The Morgan fingerprint density at radius 2 is 1.21 bits per heavy atom. The van der Waals surface area contributed by atoms with E-state index in [1.807, 2.05) is 32.6 Å². The van der Waals surface area contributed by atoms with E-state index in [0.717, 1.165) is 11.1 Å². The van der Waals surface area contributed by atoms with Crippen LogP contribution in [-0.2, 0) is 6.66 Å².